The number of rotatable bonds is 6. The summed E-state index contributed by atoms with van der Waals surface area (Å²) < 4.78 is 5.17. The minimum absolute atomic E-state index is 0.189. The van der Waals surface area contributed by atoms with Gasteiger partial charge >= 0.3 is 5.97 Å². The lowest BCUT2D eigenvalue weighted by atomic mass is 10.0. The predicted octanol–water partition coefficient (Wildman–Crippen LogP) is 3.28. The zero-order valence-corrected chi connectivity index (χ0v) is 10.3. The summed E-state index contributed by atoms with van der Waals surface area (Å²) in [7, 11) is 0. The first kappa shape index (κ1) is 12.9. The number of esters is 1. The molecule has 0 bridgehead atoms. The molecule has 0 rings (SSSR count). The predicted molar refractivity (Wildman–Crippen MR) is 58.1 cm³/mol. The van der Waals surface area contributed by atoms with Crippen molar-refractivity contribution in [3.63, 3.8) is 0 Å². The number of alkyl halides is 1. The van der Waals surface area contributed by atoms with Gasteiger partial charge in [0.15, 0.2) is 0 Å². The summed E-state index contributed by atoms with van der Waals surface area (Å²) in [5.41, 5.74) is -0.294. The molecule has 2 nitrogen and oxygen atoms in total. The maximum Gasteiger partial charge on any atom is 0.303 e. The number of halogens is 1. The van der Waals surface area contributed by atoms with Gasteiger partial charge in [-0.1, -0.05) is 22.4 Å². The van der Waals surface area contributed by atoms with Gasteiger partial charge in [0.25, 0.3) is 0 Å². The van der Waals surface area contributed by atoms with E-state index in [1.165, 1.54) is 19.8 Å². The molecule has 0 aromatic rings. The largest absolute Gasteiger partial charge is 0.460 e. The average Bonchev–Trinajstić information content (AvgIpc) is 1.95. The maximum atomic E-state index is 10.7. The molecular weight excluding hydrogens is 232 g/mol. The maximum absolute atomic E-state index is 10.7. The van der Waals surface area contributed by atoms with Crippen molar-refractivity contribution >= 4 is 21.9 Å². The van der Waals surface area contributed by atoms with Gasteiger partial charge < -0.3 is 4.74 Å². The highest BCUT2D eigenvalue weighted by Crippen LogP contribution is 2.18. The number of unbranched alkanes of at least 4 members (excludes halogenated alkanes) is 2. The van der Waals surface area contributed by atoms with Crippen LogP contribution in [0.15, 0.2) is 0 Å². The standard InChI is InChI=1S/C10H19BrO2/c1-9(12)13-10(2,3)7-5-4-6-8-11/h4-8H2,1-3H3. The number of carbonyl (C=O) groups excluding carboxylic acids is 1. The van der Waals surface area contributed by atoms with Gasteiger partial charge in [0.05, 0.1) is 0 Å². The van der Waals surface area contributed by atoms with Gasteiger partial charge in [-0.2, -0.15) is 0 Å². The molecule has 3 heteroatoms. The molecule has 13 heavy (non-hydrogen) atoms. The molecule has 0 radical (unpaired) electrons. The Morgan fingerprint density at radius 1 is 1.31 bits per heavy atom. The van der Waals surface area contributed by atoms with E-state index in [0.717, 1.165) is 18.2 Å². The van der Waals surface area contributed by atoms with Crippen molar-refractivity contribution in [3.8, 4) is 0 Å². The summed E-state index contributed by atoms with van der Waals surface area (Å²) in [6, 6.07) is 0. The van der Waals surface area contributed by atoms with Gasteiger partial charge in [-0.05, 0) is 33.1 Å². The molecule has 0 unspecified atom stereocenters. The highest BCUT2D eigenvalue weighted by atomic mass is 79.9. The van der Waals surface area contributed by atoms with E-state index in [1.807, 2.05) is 13.8 Å². The molecule has 0 fully saturated rings. The number of carbonyl (C=O) groups is 1. The second kappa shape index (κ2) is 6.41. The van der Waals surface area contributed by atoms with E-state index < -0.39 is 0 Å². The fourth-order valence-electron chi connectivity index (χ4n) is 1.26. The monoisotopic (exact) mass is 250 g/mol. The van der Waals surface area contributed by atoms with Gasteiger partial charge in [-0.3, -0.25) is 4.79 Å². The zero-order valence-electron chi connectivity index (χ0n) is 8.73. The van der Waals surface area contributed by atoms with Gasteiger partial charge in [-0.15, -0.1) is 0 Å². The van der Waals surface area contributed by atoms with Crippen molar-refractivity contribution in [2.45, 2.75) is 52.1 Å². The second-order valence-electron chi connectivity index (χ2n) is 3.85. The topological polar surface area (TPSA) is 26.3 Å². The third-order valence-electron chi connectivity index (χ3n) is 1.83. The fraction of sp³-hybridized carbons (Fsp3) is 0.900. The Hall–Kier alpha value is -0.0500. The smallest absolute Gasteiger partial charge is 0.303 e. The van der Waals surface area contributed by atoms with Crippen LogP contribution in [0.1, 0.15) is 46.5 Å². The van der Waals surface area contributed by atoms with E-state index in [2.05, 4.69) is 15.9 Å². The average molecular weight is 251 g/mol. The van der Waals surface area contributed by atoms with Crippen LogP contribution in [-0.2, 0) is 9.53 Å². The Balaban J connectivity index is 3.56. The summed E-state index contributed by atoms with van der Waals surface area (Å²) >= 11 is 3.38. The summed E-state index contributed by atoms with van der Waals surface area (Å²) in [6.45, 7) is 5.38. The normalized spacial score (nSPS) is 11.4. The minimum Gasteiger partial charge on any atom is -0.460 e. The molecule has 0 aliphatic heterocycles. The second-order valence-corrected chi connectivity index (χ2v) is 4.65. The molecule has 0 spiro atoms. The van der Waals surface area contributed by atoms with Crippen LogP contribution < -0.4 is 0 Å². The SMILES string of the molecule is CC(=O)OC(C)(C)CCCCCBr. The van der Waals surface area contributed by atoms with Crippen molar-refractivity contribution in [2.75, 3.05) is 5.33 Å². The van der Waals surface area contributed by atoms with Gasteiger partial charge in [0, 0.05) is 12.3 Å². The summed E-state index contributed by atoms with van der Waals surface area (Å²) in [5.74, 6) is -0.189. The third-order valence-corrected chi connectivity index (χ3v) is 2.39. The van der Waals surface area contributed by atoms with Crippen molar-refractivity contribution in [2.24, 2.45) is 0 Å². The Morgan fingerprint density at radius 3 is 2.38 bits per heavy atom. The van der Waals surface area contributed by atoms with Crippen molar-refractivity contribution in [1.29, 1.82) is 0 Å². The Kier molecular flexibility index (Phi) is 6.39. The fourth-order valence-corrected chi connectivity index (χ4v) is 1.66. The molecule has 0 aliphatic carbocycles. The van der Waals surface area contributed by atoms with Crippen LogP contribution >= 0.6 is 15.9 Å². The van der Waals surface area contributed by atoms with E-state index in [4.69, 9.17) is 4.74 Å². The van der Waals surface area contributed by atoms with Crippen LogP contribution in [-0.4, -0.2) is 16.9 Å². The molecular formula is C10H19BrO2. The first-order chi connectivity index (χ1) is 5.98. The molecule has 0 aromatic heterocycles. The van der Waals surface area contributed by atoms with Crippen LogP contribution in [0.5, 0.6) is 0 Å². The molecule has 0 aromatic carbocycles. The van der Waals surface area contributed by atoms with E-state index in [1.54, 1.807) is 0 Å². The molecule has 0 N–H and O–H groups in total. The van der Waals surface area contributed by atoms with Crippen LogP contribution in [0.3, 0.4) is 0 Å². The number of hydrogen-bond donors (Lipinski definition) is 0. The zero-order chi connectivity index (χ0) is 10.3. The van der Waals surface area contributed by atoms with Crippen LogP contribution in [0.2, 0.25) is 0 Å². The summed E-state index contributed by atoms with van der Waals surface area (Å²) in [5, 5.41) is 1.06. The summed E-state index contributed by atoms with van der Waals surface area (Å²) in [6.07, 6.45) is 4.44. The Morgan fingerprint density at radius 2 is 1.92 bits per heavy atom. The van der Waals surface area contributed by atoms with E-state index in [9.17, 15) is 4.79 Å². The van der Waals surface area contributed by atoms with Gasteiger partial charge in [-0.25, -0.2) is 0 Å². The molecule has 0 amide bonds. The van der Waals surface area contributed by atoms with Crippen molar-refractivity contribution in [3.05, 3.63) is 0 Å². The number of ether oxygens (including phenoxy) is 1. The van der Waals surface area contributed by atoms with Crippen molar-refractivity contribution < 1.29 is 9.53 Å². The lowest BCUT2D eigenvalue weighted by Crippen LogP contribution is -2.26. The molecule has 0 saturated carbocycles. The highest BCUT2D eigenvalue weighted by Gasteiger charge is 2.19. The highest BCUT2D eigenvalue weighted by molar-refractivity contribution is 9.09. The Labute approximate surface area is 89.2 Å². The van der Waals surface area contributed by atoms with Gasteiger partial charge in [0.1, 0.15) is 5.60 Å². The molecule has 0 heterocycles. The van der Waals surface area contributed by atoms with Crippen LogP contribution in [0.4, 0.5) is 0 Å². The Bertz CT molecular complexity index is 155. The van der Waals surface area contributed by atoms with E-state index >= 15 is 0 Å². The van der Waals surface area contributed by atoms with Crippen molar-refractivity contribution in [1.82, 2.24) is 0 Å². The minimum atomic E-state index is -0.294. The molecule has 0 saturated heterocycles. The lowest BCUT2D eigenvalue weighted by molar-refractivity contribution is -0.154. The summed E-state index contributed by atoms with van der Waals surface area (Å²) in [4.78, 5) is 10.7. The van der Waals surface area contributed by atoms with E-state index in [0.29, 0.717) is 0 Å². The van der Waals surface area contributed by atoms with Crippen LogP contribution in [0, 0.1) is 0 Å². The lowest BCUT2D eigenvalue weighted by Gasteiger charge is -2.24. The quantitative estimate of drug-likeness (QED) is 0.411. The van der Waals surface area contributed by atoms with Crippen LogP contribution in [0.25, 0.3) is 0 Å². The first-order valence-corrected chi connectivity index (χ1v) is 5.85. The molecule has 78 valence electrons. The van der Waals surface area contributed by atoms with E-state index in [-0.39, 0.29) is 11.6 Å². The molecule has 0 atom stereocenters. The first-order valence-electron chi connectivity index (χ1n) is 4.73. The van der Waals surface area contributed by atoms with Gasteiger partial charge in [0.2, 0.25) is 0 Å². The third kappa shape index (κ3) is 8.28. The number of hydrogen-bond acceptors (Lipinski definition) is 2. The molecule has 0 aliphatic rings.